The van der Waals surface area contributed by atoms with E-state index in [-0.39, 0.29) is 5.56 Å². The van der Waals surface area contributed by atoms with E-state index in [1.807, 2.05) is 24.3 Å². The van der Waals surface area contributed by atoms with Gasteiger partial charge in [0.05, 0.1) is 0 Å². The largest absolute Gasteiger partial charge is 0.331 e. The zero-order valence-corrected chi connectivity index (χ0v) is 15.7. The van der Waals surface area contributed by atoms with E-state index in [0.29, 0.717) is 24.3 Å². The van der Waals surface area contributed by atoms with Gasteiger partial charge in [-0.15, -0.1) is 0 Å². The molecular weight excluding hydrogens is 356 g/mol. The van der Waals surface area contributed by atoms with Crippen LogP contribution in [0, 0.1) is 11.3 Å². The lowest BCUT2D eigenvalue weighted by molar-refractivity contribution is -0.116. The van der Waals surface area contributed by atoms with Gasteiger partial charge in [0.15, 0.2) is 0 Å². The van der Waals surface area contributed by atoms with Gasteiger partial charge >= 0.3 is 5.69 Å². The Bertz CT molecular complexity index is 1100. The number of hydrogen-bond donors (Lipinski definition) is 1. The summed E-state index contributed by atoms with van der Waals surface area (Å²) in [5.41, 5.74) is 2.49. The Morgan fingerprint density at radius 1 is 1.07 bits per heavy atom. The second-order valence-corrected chi connectivity index (χ2v) is 7.45. The van der Waals surface area contributed by atoms with Crippen molar-refractivity contribution in [1.29, 1.82) is 5.26 Å². The molecule has 1 aliphatic heterocycles. The number of carbonyl (C=O) groups is 1. The van der Waals surface area contributed by atoms with Crippen molar-refractivity contribution in [1.82, 2.24) is 9.13 Å². The van der Waals surface area contributed by atoms with E-state index in [0.717, 1.165) is 43.1 Å². The topological polar surface area (TPSA) is 96.9 Å². The van der Waals surface area contributed by atoms with Crippen LogP contribution in [0.1, 0.15) is 48.1 Å². The van der Waals surface area contributed by atoms with Crippen molar-refractivity contribution in [3.8, 4) is 6.07 Å². The SMILES string of the molecule is N#Cc1c2n(c(=O)n(CC(=O)Nc3ccc4c(c3)CCC4)c1=O)CCCCC2. The molecule has 0 saturated carbocycles. The van der Waals surface area contributed by atoms with Gasteiger partial charge in [-0.3, -0.25) is 14.2 Å². The number of nitrogens with zero attached hydrogens (tertiary/aromatic N) is 3. The molecule has 2 aromatic rings. The molecule has 7 heteroatoms. The Balaban J connectivity index is 1.63. The Morgan fingerprint density at radius 2 is 1.89 bits per heavy atom. The van der Waals surface area contributed by atoms with Gasteiger partial charge in [-0.2, -0.15) is 5.26 Å². The second-order valence-electron chi connectivity index (χ2n) is 7.45. The molecule has 0 radical (unpaired) electrons. The van der Waals surface area contributed by atoms with E-state index in [4.69, 9.17) is 0 Å². The molecular formula is C21H22N4O3. The fourth-order valence-electron chi connectivity index (χ4n) is 4.22. The summed E-state index contributed by atoms with van der Waals surface area (Å²) in [5, 5.41) is 12.2. The molecule has 2 heterocycles. The number of rotatable bonds is 3. The molecule has 0 fully saturated rings. The smallest absolute Gasteiger partial charge is 0.325 e. The number of hydrogen-bond acceptors (Lipinski definition) is 4. The third kappa shape index (κ3) is 3.26. The van der Waals surface area contributed by atoms with Crippen molar-refractivity contribution < 1.29 is 4.79 Å². The highest BCUT2D eigenvalue weighted by Crippen LogP contribution is 2.24. The Hall–Kier alpha value is -3.14. The lowest BCUT2D eigenvalue weighted by Crippen LogP contribution is -2.45. The first-order valence-electron chi connectivity index (χ1n) is 9.77. The number of nitriles is 1. The molecule has 0 atom stereocenters. The van der Waals surface area contributed by atoms with Crippen LogP contribution in [-0.4, -0.2) is 15.0 Å². The van der Waals surface area contributed by atoms with Crippen molar-refractivity contribution in [2.45, 2.75) is 58.0 Å². The standard InChI is InChI=1S/C21H22N4O3/c22-12-17-18-7-2-1-3-10-24(18)21(28)25(20(17)27)13-19(26)23-16-9-8-14-5-4-6-15(14)11-16/h8-9,11H,1-7,10,13H2,(H,23,26). The van der Waals surface area contributed by atoms with E-state index in [9.17, 15) is 19.6 Å². The third-order valence-electron chi connectivity index (χ3n) is 5.63. The van der Waals surface area contributed by atoms with Crippen LogP contribution in [0.3, 0.4) is 0 Å². The van der Waals surface area contributed by atoms with Gasteiger partial charge in [0.2, 0.25) is 5.91 Å². The normalized spacial score (nSPS) is 15.2. The summed E-state index contributed by atoms with van der Waals surface area (Å²) < 4.78 is 2.38. The molecule has 1 aromatic carbocycles. The first-order valence-corrected chi connectivity index (χ1v) is 9.77. The zero-order valence-electron chi connectivity index (χ0n) is 15.7. The molecule has 4 rings (SSSR count). The van der Waals surface area contributed by atoms with E-state index in [1.54, 1.807) is 0 Å². The maximum Gasteiger partial charge on any atom is 0.331 e. The summed E-state index contributed by atoms with van der Waals surface area (Å²) in [7, 11) is 0. The minimum absolute atomic E-state index is 0.0215. The molecule has 144 valence electrons. The minimum Gasteiger partial charge on any atom is -0.325 e. The highest BCUT2D eigenvalue weighted by Gasteiger charge is 2.22. The van der Waals surface area contributed by atoms with E-state index < -0.39 is 23.7 Å². The first kappa shape index (κ1) is 18.2. The number of fused-ring (bicyclic) bond motifs is 2. The molecule has 0 spiro atoms. The van der Waals surface area contributed by atoms with Gasteiger partial charge in [-0.05, 0) is 61.8 Å². The van der Waals surface area contributed by atoms with Gasteiger partial charge in [0.1, 0.15) is 18.2 Å². The Kier molecular flexibility index (Phi) is 4.86. The van der Waals surface area contributed by atoms with Crippen LogP contribution in [0.4, 0.5) is 5.69 Å². The average molecular weight is 378 g/mol. The van der Waals surface area contributed by atoms with Crippen molar-refractivity contribution in [3.05, 3.63) is 61.4 Å². The van der Waals surface area contributed by atoms with Gasteiger partial charge < -0.3 is 5.32 Å². The molecule has 1 N–H and O–H groups in total. The number of carbonyl (C=O) groups excluding carboxylic acids is 1. The summed E-state index contributed by atoms with van der Waals surface area (Å²) in [6, 6.07) is 7.75. The fraction of sp³-hybridized carbons (Fsp3) is 0.429. The Labute approximate surface area is 162 Å². The highest BCUT2D eigenvalue weighted by atomic mass is 16.2. The molecule has 0 saturated heterocycles. The molecule has 0 unspecified atom stereocenters. The van der Waals surface area contributed by atoms with Crippen LogP contribution in [0.15, 0.2) is 27.8 Å². The lowest BCUT2D eigenvalue weighted by atomic mass is 10.1. The number of nitrogens with one attached hydrogen (secondary N) is 1. The third-order valence-corrected chi connectivity index (χ3v) is 5.63. The molecule has 1 aliphatic carbocycles. The summed E-state index contributed by atoms with van der Waals surface area (Å²) in [6.07, 6.45) is 6.31. The number of aromatic nitrogens is 2. The van der Waals surface area contributed by atoms with Crippen LogP contribution in [0.2, 0.25) is 0 Å². The maximum absolute atomic E-state index is 12.8. The number of benzene rings is 1. The van der Waals surface area contributed by atoms with Crippen LogP contribution in [0.25, 0.3) is 0 Å². The van der Waals surface area contributed by atoms with Gasteiger partial charge in [-0.25, -0.2) is 9.36 Å². The fourth-order valence-corrected chi connectivity index (χ4v) is 4.22. The van der Waals surface area contributed by atoms with E-state index in [1.165, 1.54) is 15.7 Å². The van der Waals surface area contributed by atoms with Crippen LogP contribution in [0.5, 0.6) is 0 Å². The van der Waals surface area contributed by atoms with Crippen LogP contribution < -0.4 is 16.6 Å². The second kappa shape index (κ2) is 7.47. The summed E-state index contributed by atoms with van der Waals surface area (Å²) in [5.74, 6) is -0.449. The van der Waals surface area contributed by atoms with Crippen molar-refractivity contribution in [2.24, 2.45) is 0 Å². The van der Waals surface area contributed by atoms with Crippen molar-refractivity contribution in [3.63, 3.8) is 0 Å². The quantitative estimate of drug-likeness (QED) is 0.880. The molecule has 7 nitrogen and oxygen atoms in total. The number of amides is 1. The number of aryl methyl sites for hydroxylation is 2. The highest BCUT2D eigenvalue weighted by molar-refractivity contribution is 5.90. The van der Waals surface area contributed by atoms with E-state index in [2.05, 4.69) is 5.32 Å². The predicted molar refractivity (Wildman–Crippen MR) is 104 cm³/mol. The van der Waals surface area contributed by atoms with E-state index >= 15 is 0 Å². The average Bonchev–Trinajstić information content (AvgIpc) is 3.01. The first-order chi connectivity index (χ1) is 13.6. The van der Waals surface area contributed by atoms with Gasteiger partial charge in [0, 0.05) is 17.9 Å². The minimum atomic E-state index is -0.676. The molecule has 2 aliphatic rings. The monoisotopic (exact) mass is 378 g/mol. The summed E-state index contributed by atoms with van der Waals surface area (Å²) >= 11 is 0. The molecule has 1 aromatic heterocycles. The predicted octanol–water partition coefficient (Wildman–Crippen LogP) is 1.74. The lowest BCUT2D eigenvalue weighted by Gasteiger charge is -2.14. The molecule has 1 amide bonds. The van der Waals surface area contributed by atoms with Gasteiger partial charge in [-0.1, -0.05) is 12.5 Å². The molecule has 28 heavy (non-hydrogen) atoms. The van der Waals surface area contributed by atoms with Crippen molar-refractivity contribution in [2.75, 3.05) is 5.32 Å². The van der Waals surface area contributed by atoms with Crippen molar-refractivity contribution >= 4 is 11.6 Å². The zero-order chi connectivity index (χ0) is 19.7. The summed E-state index contributed by atoms with van der Waals surface area (Å²) in [6.45, 7) is 0.0687. The Morgan fingerprint density at radius 3 is 2.71 bits per heavy atom. The van der Waals surface area contributed by atoms with Crippen LogP contribution >= 0.6 is 0 Å². The molecule has 0 bridgehead atoms. The van der Waals surface area contributed by atoms with Crippen LogP contribution in [-0.2, 0) is 37.1 Å². The number of anilines is 1. The van der Waals surface area contributed by atoms with Gasteiger partial charge in [0.25, 0.3) is 5.56 Å². The summed E-state index contributed by atoms with van der Waals surface area (Å²) in [4.78, 5) is 38.0. The maximum atomic E-state index is 12.8.